The van der Waals surface area contributed by atoms with Gasteiger partial charge in [-0.15, -0.1) is 0 Å². The summed E-state index contributed by atoms with van der Waals surface area (Å²) >= 11 is 0. The number of carbonyl (C=O) groups excluding carboxylic acids is 2. The molecule has 5 nitrogen and oxygen atoms in total. The van der Waals surface area contributed by atoms with Crippen molar-refractivity contribution >= 4 is 11.8 Å². The quantitative estimate of drug-likeness (QED) is 0.586. The van der Waals surface area contributed by atoms with Crippen LogP contribution in [0.15, 0.2) is 0 Å². The highest BCUT2D eigenvalue weighted by Gasteiger charge is 2.09. The largest absolute Gasteiger partial charge is 0.358 e. The predicted octanol–water partition coefficient (Wildman–Crippen LogP) is -0.373. The van der Waals surface area contributed by atoms with Crippen LogP contribution in [0.1, 0.15) is 27.2 Å². The number of amides is 2. The van der Waals surface area contributed by atoms with Crippen LogP contribution in [-0.2, 0) is 9.59 Å². The summed E-state index contributed by atoms with van der Waals surface area (Å²) in [5.74, 6) is -0.303. The van der Waals surface area contributed by atoms with E-state index in [1.807, 2.05) is 20.8 Å². The van der Waals surface area contributed by atoms with E-state index in [1.165, 1.54) is 7.05 Å². The lowest BCUT2D eigenvalue weighted by Gasteiger charge is -2.20. The molecular formula is C10H21N3O2. The second-order valence-electron chi connectivity index (χ2n) is 4.38. The Labute approximate surface area is 91.0 Å². The van der Waals surface area contributed by atoms with Gasteiger partial charge in [0.2, 0.25) is 11.8 Å². The second-order valence-corrected chi connectivity index (χ2v) is 4.38. The van der Waals surface area contributed by atoms with Gasteiger partial charge in [0.05, 0.1) is 6.54 Å². The van der Waals surface area contributed by atoms with Gasteiger partial charge in [0.1, 0.15) is 0 Å². The van der Waals surface area contributed by atoms with E-state index in [-0.39, 0.29) is 23.9 Å². The average Bonchev–Trinajstić information content (AvgIpc) is 2.12. The Morgan fingerprint density at radius 1 is 1.13 bits per heavy atom. The van der Waals surface area contributed by atoms with Crippen molar-refractivity contribution in [1.82, 2.24) is 16.0 Å². The summed E-state index contributed by atoms with van der Waals surface area (Å²) in [4.78, 5) is 22.0. The second kappa shape index (κ2) is 6.40. The third-order valence-corrected chi connectivity index (χ3v) is 1.73. The van der Waals surface area contributed by atoms with Crippen LogP contribution in [0.25, 0.3) is 0 Å². The molecule has 0 atom stereocenters. The van der Waals surface area contributed by atoms with Crippen LogP contribution in [0, 0.1) is 0 Å². The number of rotatable bonds is 5. The molecule has 3 N–H and O–H groups in total. The van der Waals surface area contributed by atoms with Gasteiger partial charge in [-0.25, -0.2) is 0 Å². The molecule has 0 aromatic rings. The van der Waals surface area contributed by atoms with Crippen LogP contribution in [0.2, 0.25) is 0 Å². The molecule has 0 aliphatic rings. The van der Waals surface area contributed by atoms with Crippen molar-refractivity contribution in [2.24, 2.45) is 0 Å². The van der Waals surface area contributed by atoms with Crippen LogP contribution in [-0.4, -0.2) is 37.5 Å². The molecule has 0 fully saturated rings. The van der Waals surface area contributed by atoms with Crippen molar-refractivity contribution in [2.75, 3.05) is 20.1 Å². The zero-order chi connectivity index (χ0) is 11.9. The molecule has 0 unspecified atom stereocenters. The third-order valence-electron chi connectivity index (χ3n) is 1.73. The summed E-state index contributed by atoms with van der Waals surface area (Å²) in [6.45, 7) is 6.77. The van der Waals surface area contributed by atoms with Gasteiger partial charge in [-0.2, -0.15) is 0 Å². The lowest BCUT2D eigenvalue weighted by atomic mass is 10.1. The molecule has 0 aromatic carbocycles. The fourth-order valence-electron chi connectivity index (χ4n) is 0.907. The van der Waals surface area contributed by atoms with Crippen LogP contribution >= 0.6 is 0 Å². The molecule has 15 heavy (non-hydrogen) atoms. The molecule has 2 amide bonds. The highest BCUT2D eigenvalue weighted by Crippen LogP contribution is 1.97. The lowest BCUT2D eigenvalue weighted by molar-refractivity contribution is -0.125. The van der Waals surface area contributed by atoms with Gasteiger partial charge in [0.25, 0.3) is 0 Å². The Bertz CT molecular complexity index is 221. The molecule has 0 bridgehead atoms. The van der Waals surface area contributed by atoms with Gasteiger partial charge in [0.15, 0.2) is 0 Å². The zero-order valence-electron chi connectivity index (χ0n) is 9.94. The first-order valence-electron chi connectivity index (χ1n) is 5.07. The molecule has 0 aliphatic carbocycles. The Morgan fingerprint density at radius 2 is 1.73 bits per heavy atom. The topological polar surface area (TPSA) is 70.2 Å². The minimum Gasteiger partial charge on any atom is -0.358 e. The van der Waals surface area contributed by atoms with Crippen LogP contribution in [0.5, 0.6) is 0 Å². The van der Waals surface area contributed by atoms with E-state index >= 15 is 0 Å². The summed E-state index contributed by atoms with van der Waals surface area (Å²) in [5.41, 5.74) is 0.0150. The first kappa shape index (κ1) is 13.9. The summed E-state index contributed by atoms with van der Waals surface area (Å²) in [6, 6.07) is 0. The average molecular weight is 215 g/mol. The van der Waals surface area contributed by atoms with Gasteiger partial charge in [-0.05, 0) is 20.8 Å². The van der Waals surface area contributed by atoms with E-state index in [9.17, 15) is 9.59 Å². The summed E-state index contributed by atoms with van der Waals surface area (Å²) < 4.78 is 0. The van der Waals surface area contributed by atoms with E-state index in [0.717, 1.165) is 0 Å². The molecule has 0 saturated heterocycles. The van der Waals surface area contributed by atoms with Gasteiger partial charge >= 0.3 is 0 Å². The molecule has 0 spiro atoms. The highest BCUT2D eigenvalue weighted by molar-refractivity contribution is 5.84. The summed E-state index contributed by atoms with van der Waals surface area (Å²) in [7, 11) is 1.54. The Kier molecular flexibility index (Phi) is 5.93. The normalized spacial score (nSPS) is 10.9. The maximum Gasteiger partial charge on any atom is 0.239 e. The molecule has 0 aromatic heterocycles. The van der Waals surface area contributed by atoms with Gasteiger partial charge < -0.3 is 16.0 Å². The molecule has 0 radical (unpaired) electrons. The van der Waals surface area contributed by atoms with Crippen molar-refractivity contribution in [3.05, 3.63) is 0 Å². The van der Waals surface area contributed by atoms with E-state index in [0.29, 0.717) is 13.0 Å². The first-order valence-corrected chi connectivity index (χ1v) is 5.07. The van der Waals surface area contributed by atoms with E-state index in [1.54, 1.807) is 0 Å². The van der Waals surface area contributed by atoms with Crippen molar-refractivity contribution < 1.29 is 9.59 Å². The molecular weight excluding hydrogens is 194 g/mol. The fourth-order valence-corrected chi connectivity index (χ4v) is 0.907. The molecule has 0 rings (SSSR count). The van der Waals surface area contributed by atoms with E-state index in [2.05, 4.69) is 16.0 Å². The standard InChI is InChI=1S/C10H21N3O2/c1-10(2,3)13-6-5-8(14)12-7-9(15)11-4/h13H,5-7H2,1-4H3,(H,11,15)(H,12,14). The van der Waals surface area contributed by atoms with Gasteiger partial charge in [-0.1, -0.05) is 0 Å². The van der Waals surface area contributed by atoms with Crippen molar-refractivity contribution in [3.8, 4) is 0 Å². The van der Waals surface area contributed by atoms with Gasteiger partial charge in [-0.3, -0.25) is 9.59 Å². The van der Waals surface area contributed by atoms with Crippen LogP contribution in [0.4, 0.5) is 0 Å². The van der Waals surface area contributed by atoms with Crippen molar-refractivity contribution in [2.45, 2.75) is 32.7 Å². The minimum atomic E-state index is -0.188. The Balaban J connectivity index is 3.54. The first-order chi connectivity index (χ1) is 6.85. The monoisotopic (exact) mass is 215 g/mol. The Hall–Kier alpha value is -1.10. The molecule has 0 heterocycles. The van der Waals surface area contributed by atoms with Crippen LogP contribution in [0.3, 0.4) is 0 Å². The minimum absolute atomic E-state index is 0.0150. The van der Waals surface area contributed by atoms with Crippen molar-refractivity contribution in [3.63, 3.8) is 0 Å². The summed E-state index contributed by atoms with van der Waals surface area (Å²) in [6.07, 6.45) is 0.383. The number of carbonyl (C=O) groups is 2. The number of likely N-dealkylation sites (N-methyl/N-ethyl adjacent to an activating group) is 1. The van der Waals surface area contributed by atoms with Gasteiger partial charge in [0, 0.05) is 25.6 Å². The zero-order valence-corrected chi connectivity index (χ0v) is 9.94. The maximum atomic E-state index is 11.2. The highest BCUT2D eigenvalue weighted by atomic mass is 16.2. The number of hydrogen-bond donors (Lipinski definition) is 3. The SMILES string of the molecule is CNC(=O)CNC(=O)CCNC(C)(C)C. The molecule has 0 saturated carbocycles. The fraction of sp³-hybridized carbons (Fsp3) is 0.800. The molecule has 88 valence electrons. The number of nitrogens with one attached hydrogen (secondary N) is 3. The molecule has 0 aliphatic heterocycles. The summed E-state index contributed by atoms with van der Waals surface area (Å²) in [5, 5.41) is 8.15. The third kappa shape index (κ3) is 9.21. The van der Waals surface area contributed by atoms with E-state index in [4.69, 9.17) is 0 Å². The van der Waals surface area contributed by atoms with Crippen molar-refractivity contribution in [1.29, 1.82) is 0 Å². The smallest absolute Gasteiger partial charge is 0.239 e. The maximum absolute atomic E-state index is 11.2. The van der Waals surface area contributed by atoms with E-state index < -0.39 is 0 Å². The Morgan fingerprint density at radius 3 is 2.20 bits per heavy atom. The molecule has 5 heteroatoms. The lowest BCUT2D eigenvalue weighted by Crippen LogP contribution is -2.40. The predicted molar refractivity (Wildman–Crippen MR) is 59.4 cm³/mol. The number of hydrogen-bond acceptors (Lipinski definition) is 3. The van der Waals surface area contributed by atoms with Crippen LogP contribution < -0.4 is 16.0 Å².